The van der Waals surface area contributed by atoms with Gasteiger partial charge in [0.05, 0.1) is 12.0 Å². The van der Waals surface area contributed by atoms with E-state index in [1.165, 1.54) is 0 Å². The lowest BCUT2D eigenvalue weighted by Crippen LogP contribution is -2.45. The molecule has 1 aliphatic rings. The first-order valence-corrected chi connectivity index (χ1v) is 7.35. The van der Waals surface area contributed by atoms with Gasteiger partial charge < -0.3 is 14.9 Å². The Labute approximate surface area is 125 Å². The fraction of sp³-hybridized carbons (Fsp3) is 0.562. The number of aromatic hydroxyl groups is 1. The molecule has 1 saturated heterocycles. The van der Waals surface area contributed by atoms with Crippen molar-refractivity contribution in [2.45, 2.75) is 33.2 Å². The molecule has 0 aromatic heterocycles. The maximum absolute atomic E-state index is 11.4. The Bertz CT molecular complexity index is 517. The topological polar surface area (TPSA) is 70.0 Å². The van der Waals surface area contributed by atoms with Gasteiger partial charge in [-0.3, -0.25) is 9.69 Å². The molecule has 1 fully saturated rings. The van der Waals surface area contributed by atoms with Crippen molar-refractivity contribution in [3.63, 3.8) is 0 Å². The van der Waals surface area contributed by atoms with Crippen molar-refractivity contribution in [1.82, 2.24) is 4.90 Å². The second-order valence-electron chi connectivity index (χ2n) is 5.92. The van der Waals surface area contributed by atoms with Crippen LogP contribution in [-0.2, 0) is 11.3 Å². The Balaban J connectivity index is 2.07. The van der Waals surface area contributed by atoms with Gasteiger partial charge in [0.1, 0.15) is 0 Å². The minimum absolute atomic E-state index is 0.134. The van der Waals surface area contributed by atoms with Gasteiger partial charge in [0.15, 0.2) is 11.5 Å². The minimum Gasteiger partial charge on any atom is -0.504 e. The Morgan fingerprint density at radius 3 is 2.90 bits per heavy atom. The molecule has 0 aliphatic carbocycles. The fourth-order valence-electron chi connectivity index (χ4n) is 2.84. The standard InChI is InChI=1S/C16H23NO4/c1-3-21-14-9-12(5-6-13(14)18)10-17-8-4-7-16(2,11-17)15(19)20/h5-6,9,18H,3-4,7-8,10-11H2,1-2H3,(H,19,20). The molecule has 1 aromatic carbocycles. The van der Waals surface area contributed by atoms with Crippen LogP contribution in [0.1, 0.15) is 32.3 Å². The summed E-state index contributed by atoms with van der Waals surface area (Å²) in [5.74, 6) is -0.115. The molecule has 2 rings (SSSR count). The first-order valence-electron chi connectivity index (χ1n) is 7.35. The molecule has 0 spiro atoms. The van der Waals surface area contributed by atoms with Crippen LogP contribution in [0.15, 0.2) is 18.2 Å². The number of carbonyl (C=O) groups is 1. The van der Waals surface area contributed by atoms with E-state index in [1.807, 2.05) is 26.0 Å². The van der Waals surface area contributed by atoms with E-state index >= 15 is 0 Å². The number of rotatable bonds is 5. The molecule has 0 radical (unpaired) electrons. The molecule has 0 amide bonds. The van der Waals surface area contributed by atoms with Crippen LogP contribution in [0, 0.1) is 5.41 Å². The normalized spacial score (nSPS) is 23.0. The zero-order valence-electron chi connectivity index (χ0n) is 12.6. The number of phenolic OH excluding ortho intramolecular Hbond substituents is 1. The number of hydrogen-bond acceptors (Lipinski definition) is 4. The molecular formula is C16H23NO4. The number of aliphatic carboxylic acids is 1. The first kappa shape index (κ1) is 15.6. The van der Waals surface area contributed by atoms with Crippen molar-refractivity contribution >= 4 is 5.97 Å². The van der Waals surface area contributed by atoms with E-state index in [9.17, 15) is 15.0 Å². The SMILES string of the molecule is CCOc1cc(CN2CCCC(C)(C(=O)O)C2)ccc1O. The number of nitrogens with zero attached hydrogens (tertiary/aromatic N) is 1. The highest BCUT2D eigenvalue weighted by Crippen LogP contribution is 2.32. The second kappa shape index (κ2) is 6.35. The number of likely N-dealkylation sites (tertiary alicyclic amines) is 1. The smallest absolute Gasteiger partial charge is 0.310 e. The summed E-state index contributed by atoms with van der Waals surface area (Å²) in [6, 6.07) is 5.30. The zero-order chi connectivity index (χ0) is 15.5. The van der Waals surface area contributed by atoms with Gasteiger partial charge in [0.2, 0.25) is 0 Å². The average Bonchev–Trinajstić information content (AvgIpc) is 2.43. The first-order chi connectivity index (χ1) is 9.94. The van der Waals surface area contributed by atoms with E-state index in [0.29, 0.717) is 25.4 Å². The number of carboxylic acids is 1. The van der Waals surface area contributed by atoms with Gasteiger partial charge in [-0.25, -0.2) is 0 Å². The Morgan fingerprint density at radius 2 is 2.24 bits per heavy atom. The van der Waals surface area contributed by atoms with E-state index in [4.69, 9.17) is 4.74 Å². The van der Waals surface area contributed by atoms with Crippen LogP contribution < -0.4 is 4.74 Å². The van der Waals surface area contributed by atoms with Gasteiger partial charge in [-0.05, 0) is 50.9 Å². The maximum atomic E-state index is 11.4. The van der Waals surface area contributed by atoms with E-state index < -0.39 is 11.4 Å². The molecule has 5 nitrogen and oxygen atoms in total. The number of ether oxygens (including phenoxy) is 1. The second-order valence-corrected chi connectivity index (χ2v) is 5.92. The van der Waals surface area contributed by atoms with E-state index in [-0.39, 0.29) is 5.75 Å². The van der Waals surface area contributed by atoms with Gasteiger partial charge in [0.25, 0.3) is 0 Å². The van der Waals surface area contributed by atoms with Crippen LogP contribution >= 0.6 is 0 Å². The molecule has 1 aromatic rings. The molecule has 1 unspecified atom stereocenters. The largest absolute Gasteiger partial charge is 0.504 e. The summed E-state index contributed by atoms with van der Waals surface area (Å²) in [4.78, 5) is 13.5. The van der Waals surface area contributed by atoms with Gasteiger partial charge in [-0.2, -0.15) is 0 Å². The molecule has 0 saturated carbocycles. The quantitative estimate of drug-likeness (QED) is 0.873. The van der Waals surface area contributed by atoms with Gasteiger partial charge in [-0.1, -0.05) is 6.07 Å². The van der Waals surface area contributed by atoms with E-state index in [1.54, 1.807) is 6.07 Å². The molecule has 5 heteroatoms. The monoisotopic (exact) mass is 293 g/mol. The van der Waals surface area contributed by atoms with E-state index in [2.05, 4.69) is 4.90 Å². The van der Waals surface area contributed by atoms with Crippen LogP contribution in [-0.4, -0.2) is 40.8 Å². The summed E-state index contributed by atoms with van der Waals surface area (Å²) in [6.07, 6.45) is 1.61. The molecule has 1 heterocycles. The third-order valence-electron chi connectivity index (χ3n) is 4.02. The third-order valence-corrected chi connectivity index (χ3v) is 4.02. The van der Waals surface area contributed by atoms with Crippen LogP contribution in [0.25, 0.3) is 0 Å². The Morgan fingerprint density at radius 1 is 1.48 bits per heavy atom. The molecule has 21 heavy (non-hydrogen) atoms. The molecule has 0 bridgehead atoms. The van der Waals surface area contributed by atoms with Gasteiger partial charge >= 0.3 is 5.97 Å². The van der Waals surface area contributed by atoms with Gasteiger partial charge in [-0.15, -0.1) is 0 Å². The van der Waals surface area contributed by atoms with Crippen molar-refractivity contribution in [2.24, 2.45) is 5.41 Å². The van der Waals surface area contributed by atoms with Crippen LogP contribution in [0.4, 0.5) is 0 Å². The number of phenols is 1. The predicted molar refractivity (Wildman–Crippen MR) is 79.5 cm³/mol. The van der Waals surface area contributed by atoms with Gasteiger partial charge in [0, 0.05) is 13.1 Å². The summed E-state index contributed by atoms with van der Waals surface area (Å²) in [5, 5.41) is 19.1. The zero-order valence-corrected chi connectivity index (χ0v) is 12.6. The lowest BCUT2D eigenvalue weighted by Gasteiger charge is -2.37. The number of carboxylic acid groups (broad SMARTS) is 1. The van der Waals surface area contributed by atoms with E-state index in [0.717, 1.165) is 24.9 Å². The van der Waals surface area contributed by atoms with Crippen LogP contribution in [0.5, 0.6) is 11.5 Å². The summed E-state index contributed by atoms with van der Waals surface area (Å²) >= 11 is 0. The number of piperidine rings is 1. The number of benzene rings is 1. The Hall–Kier alpha value is -1.75. The molecule has 116 valence electrons. The highest BCUT2D eigenvalue weighted by Gasteiger charge is 2.37. The summed E-state index contributed by atoms with van der Waals surface area (Å²) in [5.41, 5.74) is 0.351. The van der Waals surface area contributed by atoms with Crippen molar-refractivity contribution in [3.8, 4) is 11.5 Å². The molecule has 2 N–H and O–H groups in total. The van der Waals surface area contributed by atoms with Crippen molar-refractivity contribution in [3.05, 3.63) is 23.8 Å². The number of hydrogen-bond donors (Lipinski definition) is 2. The predicted octanol–water partition coefficient (Wildman–Crippen LogP) is 2.48. The summed E-state index contributed by atoms with van der Waals surface area (Å²) < 4.78 is 5.38. The van der Waals surface area contributed by atoms with Crippen LogP contribution in [0.3, 0.4) is 0 Å². The highest BCUT2D eigenvalue weighted by molar-refractivity contribution is 5.74. The van der Waals surface area contributed by atoms with Crippen molar-refractivity contribution < 1.29 is 19.7 Å². The summed E-state index contributed by atoms with van der Waals surface area (Å²) in [6.45, 7) is 6.29. The van der Waals surface area contributed by atoms with Crippen molar-refractivity contribution in [2.75, 3.05) is 19.7 Å². The molecule has 1 atom stereocenters. The highest BCUT2D eigenvalue weighted by atomic mass is 16.5. The lowest BCUT2D eigenvalue weighted by molar-refractivity contribution is -0.151. The molecule has 1 aliphatic heterocycles. The van der Waals surface area contributed by atoms with Crippen LogP contribution in [0.2, 0.25) is 0 Å². The maximum Gasteiger partial charge on any atom is 0.310 e. The average molecular weight is 293 g/mol. The fourth-order valence-corrected chi connectivity index (χ4v) is 2.84. The summed E-state index contributed by atoms with van der Waals surface area (Å²) in [7, 11) is 0. The molecular weight excluding hydrogens is 270 g/mol. The minimum atomic E-state index is -0.729. The third kappa shape index (κ3) is 3.67. The lowest BCUT2D eigenvalue weighted by atomic mass is 9.82. The Kier molecular flexibility index (Phi) is 4.73. The van der Waals surface area contributed by atoms with Crippen molar-refractivity contribution in [1.29, 1.82) is 0 Å².